The Morgan fingerprint density at radius 2 is 2.12 bits per heavy atom. The third kappa shape index (κ3) is 2.83. The van der Waals surface area contributed by atoms with Crippen molar-refractivity contribution in [2.75, 3.05) is 0 Å². The first-order valence-electron chi connectivity index (χ1n) is 8.48. The molecule has 0 radical (unpaired) electrons. The Hall–Kier alpha value is -2.17. The highest BCUT2D eigenvalue weighted by Crippen LogP contribution is 2.35. The first kappa shape index (κ1) is 17.3. The largest absolute Gasteiger partial charge is 0.268 e. The lowest BCUT2D eigenvalue weighted by Crippen LogP contribution is -2.23. The van der Waals surface area contributed by atoms with Crippen molar-refractivity contribution < 1.29 is 4.39 Å². The number of aryl methyl sites for hydroxylation is 2. The lowest BCUT2D eigenvalue weighted by atomic mass is 9.97. The number of para-hydroxylation sites is 1. The van der Waals surface area contributed by atoms with Crippen molar-refractivity contribution in [3.05, 3.63) is 50.9 Å². The van der Waals surface area contributed by atoms with Crippen LogP contribution in [0.1, 0.15) is 30.2 Å². The van der Waals surface area contributed by atoms with Gasteiger partial charge in [0.25, 0.3) is 5.56 Å². The molecule has 0 N–H and O–H groups in total. The van der Waals surface area contributed by atoms with Crippen molar-refractivity contribution in [1.82, 2.24) is 9.55 Å². The average molecular weight is 385 g/mol. The van der Waals surface area contributed by atoms with E-state index in [0.717, 1.165) is 31.2 Å². The molecule has 0 spiro atoms. The Balaban J connectivity index is 2.05. The van der Waals surface area contributed by atoms with Crippen molar-refractivity contribution >= 4 is 33.3 Å². The molecular formula is C19H16FN3OS2. The smallest absolute Gasteiger partial charge is 0.267 e. The van der Waals surface area contributed by atoms with Gasteiger partial charge in [-0.1, -0.05) is 23.9 Å². The van der Waals surface area contributed by atoms with Gasteiger partial charge in [-0.05, 0) is 50.3 Å². The Bertz CT molecular complexity index is 1100. The molecule has 1 aromatic carbocycles. The average Bonchev–Trinajstić information content (AvgIpc) is 3.01. The highest BCUT2D eigenvalue weighted by Gasteiger charge is 2.24. The summed E-state index contributed by atoms with van der Waals surface area (Å²) in [6.45, 7) is 1.74. The third-order valence-electron chi connectivity index (χ3n) is 4.52. The number of benzene rings is 1. The minimum atomic E-state index is -0.480. The molecule has 1 aliphatic rings. The van der Waals surface area contributed by atoms with E-state index in [4.69, 9.17) is 5.26 Å². The van der Waals surface area contributed by atoms with Crippen LogP contribution in [0.15, 0.2) is 34.2 Å². The second-order valence-electron chi connectivity index (χ2n) is 6.27. The molecule has 0 unspecified atom stereocenters. The van der Waals surface area contributed by atoms with E-state index in [9.17, 15) is 9.18 Å². The zero-order valence-corrected chi connectivity index (χ0v) is 15.8. The number of nitriles is 1. The van der Waals surface area contributed by atoms with Crippen LogP contribution in [0.3, 0.4) is 0 Å². The van der Waals surface area contributed by atoms with Gasteiger partial charge in [0.05, 0.1) is 22.4 Å². The molecule has 0 saturated carbocycles. The Labute approximate surface area is 158 Å². The number of rotatable bonds is 3. The molecule has 26 heavy (non-hydrogen) atoms. The van der Waals surface area contributed by atoms with Crippen LogP contribution in [0.5, 0.6) is 0 Å². The molecule has 0 fully saturated rings. The minimum absolute atomic E-state index is 0.176. The number of thioether (sulfide) groups is 1. The Kier molecular flexibility index (Phi) is 4.55. The zero-order valence-electron chi connectivity index (χ0n) is 14.2. The first-order chi connectivity index (χ1) is 12.6. The van der Waals surface area contributed by atoms with Crippen LogP contribution in [0.2, 0.25) is 0 Å². The van der Waals surface area contributed by atoms with Gasteiger partial charge in [0.15, 0.2) is 5.16 Å². The number of thiophene rings is 1. The summed E-state index contributed by atoms with van der Waals surface area (Å²) < 4.78 is 15.8. The summed E-state index contributed by atoms with van der Waals surface area (Å²) in [5.41, 5.74) is 1.01. The van der Waals surface area contributed by atoms with Gasteiger partial charge in [0.2, 0.25) is 0 Å². The number of halogens is 1. The van der Waals surface area contributed by atoms with Crippen LogP contribution in [-0.2, 0) is 12.8 Å². The normalized spacial score (nSPS) is 14.8. The van der Waals surface area contributed by atoms with E-state index in [0.29, 0.717) is 15.4 Å². The standard InChI is InChI=1S/C19H16FN3OS2/c1-11(10-21)25-19-22-17-16(12-6-2-5-9-15(12)26-17)18(24)23(19)14-8-4-3-7-13(14)20/h3-4,7-8,11H,2,5-6,9H2,1H3/t11-/m1/s1. The summed E-state index contributed by atoms with van der Waals surface area (Å²) in [6, 6.07) is 8.33. The van der Waals surface area contributed by atoms with Crippen molar-refractivity contribution in [2.45, 2.75) is 43.0 Å². The summed E-state index contributed by atoms with van der Waals surface area (Å²) in [4.78, 5) is 20.0. The summed E-state index contributed by atoms with van der Waals surface area (Å²) in [5, 5.41) is 9.75. The van der Waals surface area contributed by atoms with Gasteiger partial charge in [0, 0.05) is 4.88 Å². The maximum atomic E-state index is 14.5. The molecule has 2 heterocycles. The van der Waals surface area contributed by atoms with Gasteiger partial charge in [0.1, 0.15) is 10.6 Å². The van der Waals surface area contributed by atoms with Crippen LogP contribution >= 0.6 is 23.1 Å². The van der Waals surface area contributed by atoms with Crippen molar-refractivity contribution in [3.63, 3.8) is 0 Å². The molecule has 4 nitrogen and oxygen atoms in total. The number of fused-ring (bicyclic) bond motifs is 3. The number of hydrogen-bond acceptors (Lipinski definition) is 5. The highest BCUT2D eigenvalue weighted by molar-refractivity contribution is 8.00. The molecule has 3 aromatic rings. The summed E-state index contributed by atoms with van der Waals surface area (Å²) in [7, 11) is 0. The summed E-state index contributed by atoms with van der Waals surface area (Å²) in [6.07, 6.45) is 4.01. The Morgan fingerprint density at radius 1 is 1.35 bits per heavy atom. The van der Waals surface area contributed by atoms with Gasteiger partial charge >= 0.3 is 0 Å². The maximum absolute atomic E-state index is 14.5. The zero-order chi connectivity index (χ0) is 18.3. The van der Waals surface area contributed by atoms with Crippen LogP contribution in [-0.4, -0.2) is 14.8 Å². The van der Waals surface area contributed by atoms with E-state index in [2.05, 4.69) is 11.1 Å². The molecule has 1 atom stereocenters. The third-order valence-corrected chi connectivity index (χ3v) is 6.64. The van der Waals surface area contributed by atoms with E-state index >= 15 is 0 Å². The molecule has 0 saturated heterocycles. The van der Waals surface area contributed by atoms with Gasteiger partial charge in [-0.15, -0.1) is 11.3 Å². The molecule has 0 amide bonds. The number of nitrogens with zero attached hydrogens (tertiary/aromatic N) is 3. The van der Waals surface area contributed by atoms with Crippen LogP contribution < -0.4 is 5.56 Å². The molecule has 0 aliphatic heterocycles. The molecule has 0 bridgehead atoms. The van der Waals surface area contributed by atoms with Gasteiger partial charge in [-0.25, -0.2) is 9.37 Å². The predicted molar refractivity (Wildman–Crippen MR) is 103 cm³/mol. The van der Waals surface area contributed by atoms with E-state index in [-0.39, 0.29) is 11.2 Å². The second kappa shape index (κ2) is 6.86. The van der Waals surface area contributed by atoms with Crippen LogP contribution in [0, 0.1) is 17.1 Å². The van der Waals surface area contributed by atoms with Gasteiger partial charge < -0.3 is 0 Å². The van der Waals surface area contributed by atoms with Crippen molar-refractivity contribution in [2.24, 2.45) is 0 Å². The molecule has 1 aliphatic carbocycles. The van der Waals surface area contributed by atoms with E-state index in [1.54, 1.807) is 36.5 Å². The summed E-state index contributed by atoms with van der Waals surface area (Å²) >= 11 is 2.74. The fourth-order valence-electron chi connectivity index (χ4n) is 3.30. The number of aromatic nitrogens is 2. The first-order valence-corrected chi connectivity index (χ1v) is 10.2. The fraction of sp³-hybridized carbons (Fsp3) is 0.316. The quantitative estimate of drug-likeness (QED) is 0.493. The fourth-order valence-corrected chi connectivity index (χ4v) is 5.40. The lowest BCUT2D eigenvalue weighted by Gasteiger charge is -2.14. The molecule has 4 rings (SSSR count). The van der Waals surface area contributed by atoms with E-state index in [1.165, 1.54) is 27.3 Å². The second-order valence-corrected chi connectivity index (χ2v) is 8.66. The molecular weight excluding hydrogens is 369 g/mol. The van der Waals surface area contributed by atoms with Crippen LogP contribution in [0.25, 0.3) is 15.9 Å². The maximum Gasteiger partial charge on any atom is 0.267 e. The van der Waals surface area contributed by atoms with Crippen molar-refractivity contribution in [3.8, 4) is 11.8 Å². The minimum Gasteiger partial charge on any atom is -0.268 e. The molecule has 7 heteroatoms. The summed E-state index contributed by atoms with van der Waals surface area (Å²) in [5.74, 6) is -0.480. The van der Waals surface area contributed by atoms with Gasteiger partial charge in [-0.3, -0.25) is 9.36 Å². The highest BCUT2D eigenvalue weighted by atomic mass is 32.2. The van der Waals surface area contributed by atoms with Gasteiger partial charge in [-0.2, -0.15) is 5.26 Å². The van der Waals surface area contributed by atoms with E-state index < -0.39 is 11.1 Å². The molecule has 2 aromatic heterocycles. The lowest BCUT2D eigenvalue weighted by molar-refractivity contribution is 0.608. The molecule has 132 valence electrons. The topological polar surface area (TPSA) is 58.7 Å². The SMILES string of the molecule is C[C@H](C#N)Sc1nc2sc3c(c2c(=O)n1-c1ccccc1F)CCCC3. The number of hydrogen-bond donors (Lipinski definition) is 0. The van der Waals surface area contributed by atoms with Crippen molar-refractivity contribution in [1.29, 1.82) is 5.26 Å². The Morgan fingerprint density at radius 3 is 2.88 bits per heavy atom. The predicted octanol–water partition coefficient (Wildman–Crippen LogP) is 4.47. The monoisotopic (exact) mass is 385 g/mol. The van der Waals surface area contributed by atoms with E-state index in [1.807, 2.05) is 0 Å². The van der Waals surface area contributed by atoms with Crippen LogP contribution in [0.4, 0.5) is 4.39 Å².